The highest BCUT2D eigenvalue weighted by atomic mass is 16.1. The summed E-state index contributed by atoms with van der Waals surface area (Å²) < 4.78 is 0. The van der Waals surface area contributed by atoms with Gasteiger partial charge in [-0.05, 0) is 48.9 Å². The molecule has 0 saturated heterocycles. The molecule has 1 heterocycles. The number of amides is 1. The molecule has 1 fully saturated rings. The summed E-state index contributed by atoms with van der Waals surface area (Å²) in [5.74, 6) is 0.0829. The van der Waals surface area contributed by atoms with Gasteiger partial charge in [-0.1, -0.05) is 36.4 Å². The predicted molar refractivity (Wildman–Crippen MR) is 99.3 cm³/mol. The fourth-order valence-electron chi connectivity index (χ4n) is 3.18. The molecule has 5 heteroatoms. The smallest absolute Gasteiger partial charge is 0.271 e. The van der Waals surface area contributed by atoms with Crippen molar-refractivity contribution in [3.05, 3.63) is 54.2 Å². The van der Waals surface area contributed by atoms with Crippen LogP contribution in [0.25, 0.3) is 22.0 Å². The maximum Gasteiger partial charge on any atom is 0.271 e. The lowest BCUT2D eigenvalue weighted by atomic mass is 10.0. The van der Waals surface area contributed by atoms with E-state index < -0.39 is 5.91 Å². The number of nitrogens with two attached hydrogens (primary N) is 1. The van der Waals surface area contributed by atoms with Crippen LogP contribution in [0.5, 0.6) is 0 Å². The van der Waals surface area contributed by atoms with Gasteiger partial charge in [0.25, 0.3) is 5.91 Å². The second-order valence-corrected chi connectivity index (χ2v) is 6.66. The fourth-order valence-corrected chi connectivity index (χ4v) is 3.18. The fraction of sp³-hybridized carbons (Fsp3) is 0.250. The molecule has 1 aliphatic rings. The number of carbonyl (C=O) groups is 1. The van der Waals surface area contributed by atoms with Crippen LogP contribution in [0.2, 0.25) is 0 Å². The number of nitrogens with zero attached hydrogens (tertiary/aromatic N) is 2. The van der Waals surface area contributed by atoms with E-state index in [0.717, 1.165) is 22.0 Å². The lowest BCUT2D eigenvalue weighted by molar-refractivity contribution is 0.0995. The third-order valence-electron chi connectivity index (χ3n) is 4.80. The van der Waals surface area contributed by atoms with E-state index in [1.165, 1.54) is 12.8 Å². The number of nitrogens with one attached hydrogen (secondary N) is 1. The number of hydrogen-bond donors (Lipinski definition) is 2. The normalized spacial score (nSPS) is 15.1. The minimum absolute atomic E-state index is 0.201. The van der Waals surface area contributed by atoms with Gasteiger partial charge in [-0.2, -0.15) is 0 Å². The molecule has 0 radical (unpaired) electrons. The van der Waals surface area contributed by atoms with Gasteiger partial charge in [0.1, 0.15) is 0 Å². The topological polar surface area (TPSA) is 80.9 Å². The summed E-state index contributed by atoms with van der Waals surface area (Å²) in [5, 5.41) is 12.6. The van der Waals surface area contributed by atoms with Crippen LogP contribution in [0.15, 0.2) is 48.5 Å². The number of anilines is 1. The van der Waals surface area contributed by atoms with Crippen LogP contribution in [0.4, 0.5) is 5.69 Å². The Morgan fingerprint density at radius 1 is 1.12 bits per heavy atom. The lowest BCUT2D eigenvalue weighted by Gasteiger charge is -2.18. The first kappa shape index (κ1) is 15.6. The average molecular weight is 332 g/mol. The number of primary amides is 1. The zero-order chi connectivity index (χ0) is 17.4. The molecule has 0 spiro atoms. The summed E-state index contributed by atoms with van der Waals surface area (Å²) in [6.07, 6.45) is 2.43. The Morgan fingerprint density at radius 3 is 2.56 bits per heavy atom. The molecule has 1 atom stereocenters. The van der Waals surface area contributed by atoms with Crippen molar-refractivity contribution in [3.8, 4) is 11.1 Å². The van der Waals surface area contributed by atoms with E-state index >= 15 is 0 Å². The average Bonchev–Trinajstić information content (AvgIpc) is 3.47. The third-order valence-corrected chi connectivity index (χ3v) is 4.80. The van der Waals surface area contributed by atoms with Crippen LogP contribution in [0.3, 0.4) is 0 Å². The molecule has 2 aromatic carbocycles. The quantitative estimate of drug-likeness (QED) is 0.748. The molecule has 1 amide bonds. The Bertz CT molecular complexity index is 935. The van der Waals surface area contributed by atoms with Gasteiger partial charge in [-0.25, -0.2) is 0 Å². The van der Waals surface area contributed by atoms with Gasteiger partial charge in [0, 0.05) is 11.4 Å². The van der Waals surface area contributed by atoms with Crippen LogP contribution < -0.4 is 11.1 Å². The summed E-state index contributed by atoms with van der Waals surface area (Å²) in [7, 11) is 0. The molecule has 0 bridgehead atoms. The Hall–Kier alpha value is -2.95. The van der Waals surface area contributed by atoms with Crippen LogP contribution in [0.1, 0.15) is 30.3 Å². The number of fused-ring (bicyclic) bond motifs is 1. The standard InChI is InChI=1S/C20H20N4O/c1-12(13-7-8-13)22-18-16-10-9-15(14-5-3-2-4-6-14)11-17(16)23-24-19(18)20(21)25/h2-6,9-13H,7-8H2,1H3,(H2,21,25)(H,22,23)/t12-/m1/s1. The second-order valence-electron chi connectivity index (χ2n) is 6.66. The van der Waals surface area contributed by atoms with Gasteiger partial charge in [0.15, 0.2) is 5.69 Å². The van der Waals surface area contributed by atoms with Gasteiger partial charge >= 0.3 is 0 Å². The van der Waals surface area contributed by atoms with E-state index in [4.69, 9.17) is 5.73 Å². The molecule has 3 N–H and O–H groups in total. The van der Waals surface area contributed by atoms with Crippen molar-refractivity contribution in [2.45, 2.75) is 25.8 Å². The van der Waals surface area contributed by atoms with E-state index in [-0.39, 0.29) is 11.7 Å². The number of carbonyl (C=O) groups excluding carboxylic acids is 1. The lowest BCUT2D eigenvalue weighted by Crippen LogP contribution is -2.23. The van der Waals surface area contributed by atoms with E-state index in [2.05, 4.69) is 34.6 Å². The maximum atomic E-state index is 11.8. The van der Waals surface area contributed by atoms with E-state index in [1.54, 1.807) is 0 Å². The molecule has 0 aliphatic heterocycles. The minimum Gasteiger partial charge on any atom is -0.380 e. The van der Waals surface area contributed by atoms with Crippen molar-refractivity contribution >= 4 is 22.5 Å². The molecule has 126 valence electrons. The van der Waals surface area contributed by atoms with Crippen molar-refractivity contribution in [3.63, 3.8) is 0 Å². The molecule has 1 saturated carbocycles. The van der Waals surface area contributed by atoms with Crippen LogP contribution in [0, 0.1) is 5.92 Å². The van der Waals surface area contributed by atoms with E-state index in [9.17, 15) is 4.79 Å². The van der Waals surface area contributed by atoms with Crippen LogP contribution >= 0.6 is 0 Å². The molecule has 25 heavy (non-hydrogen) atoms. The summed E-state index contributed by atoms with van der Waals surface area (Å²) in [6, 6.07) is 16.4. The Morgan fingerprint density at radius 2 is 1.88 bits per heavy atom. The summed E-state index contributed by atoms with van der Waals surface area (Å²) in [4.78, 5) is 11.8. The monoisotopic (exact) mass is 332 g/mol. The van der Waals surface area contributed by atoms with Crippen LogP contribution in [-0.4, -0.2) is 22.1 Å². The maximum absolute atomic E-state index is 11.8. The molecular weight excluding hydrogens is 312 g/mol. The van der Waals surface area contributed by atoms with Gasteiger partial charge in [-0.15, -0.1) is 10.2 Å². The number of rotatable bonds is 5. The Kier molecular flexibility index (Phi) is 3.84. The predicted octanol–water partition coefficient (Wildman–Crippen LogP) is 3.61. The largest absolute Gasteiger partial charge is 0.380 e. The van der Waals surface area contributed by atoms with Gasteiger partial charge < -0.3 is 11.1 Å². The van der Waals surface area contributed by atoms with Crippen molar-refractivity contribution in [2.24, 2.45) is 11.7 Å². The van der Waals surface area contributed by atoms with Crippen molar-refractivity contribution in [2.75, 3.05) is 5.32 Å². The summed E-state index contributed by atoms with van der Waals surface area (Å²) in [5.41, 5.74) is 9.33. The van der Waals surface area contributed by atoms with Gasteiger partial charge in [-0.3, -0.25) is 4.79 Å². The molecule has 3 aromatic rings. The van der Waals surface area contributed by atoms with Gasteiger partial charge in [0.05, 0.1) is 11.2 Å². The molecular formula is C20H20N4O. The Balaban J connectivity index is 1.82. The second kappa shape index (κ2) is 6.16. The minimum atomic E-state index is -0.563. The molecule has 4 rings (SSSR count). The first-order valence-corrected chi connectivity index (χ1v) is 8.55. The molecule has 0 unspecified atom stereocenters. The SMILES string of the molecule is C[C@@H](Nc1c(C(N)=O)nnc2cc(-c3ccccc3)ccc12)C1CC1. The number of hydrogen-bond acceptors (Lipinski definition) is 4. The molecule has 1 aromatic heterocycles. The summed E-state index contributed by atoms with van der Waals surface area (Å²) >= 11 is 0. The van der Waals surface area contributed by atoms with E-state index in [1.807, 2.05) is 36.4 Å². The zero-order valence-electron chi connectivity index (χ0n) is 14.1. The highest BCUT2D eigenvalue weighted by molar-refractivity contribution is 6.05. The summed E-state index contributed by atoms with van der Waals surface area (Å²) in [6.45, 7) is 2.13. The number of aromatic nitrogens is 2. The first-order chi connectivity index (χ1) is 12.1. The highest BCUT2D eigenvalue weighted by Gasteiger charge is 2.29. The van der Waals surface area contributed by atoms with Crippen molar-refractivity contribution in [1.82, 2.24) is 10.2 Å². The third kappa shape index (κ3) is 3.05. The van der Waals surface area contributed by atoms with Gasteiger partial charge in [0.2, 0.25) is 0 Å². The first-order valence-electron chi connectivity index (χ1n) is 8.55. The number of benzene rings is 2. The zero-order valence-corrected chi connectivity index (χ0v) is 14.1. The molecule has 5 nitrogen and oxygen atoms in total. The highest BCUT2D eigenvalue weighted by Crippen LogP contribution is 2.36. The Labute approximate surface area is 146 Å². The van der Waals surface area contributed by atoms with Crippen molar-refractivity contribution in [1.29, 1.82) is 0 Å². The van der Waals surface area contributed by atoms with Crippen molar-refractivity contribution < 1.29 is 4.79 Å². The van der Waals surface area contributed by atoms with Crippen LogP contribution in [-0.2, 0) is 0 Å². The molecule has 1 aliphatic carbocycles. The van der Waals surface area contributed by atoms with E-state index in [0.29, 0.717) is 11.6 Å².